The Morgan fingerprint density at radius 2 is 1.97 bits per heavy atom. The van der Waals surface area contributed by atoms with Gasteiger partial charge >= 0.3 is 0 Å². The third-order valence-corrected chi connectivity index (χ3v) is 5.40. The predicted octanol–water partition coefficient (Wildman–Crippen LogP) is 4.16. The lowest BCUT2D eigenvalue weighted by atomic mass is 10.2. The zero-order chi connectivity index (χ0) is 22.5. The molecule has 4 aromatic rings. The Kier molecular flexibility index (Phi) is 6.55. The minimum Gasteiger partial charge on any atom is -0.497 e. The number of nitrogens with zero attached hydrogens (tertiary/aromatic N) is 5. The summed E-state index contributed by atoms with van der Waals surface area (Å²) in [5, 5.41) is 8.69. The van der Waals surface area contributed by atoms with Gasteiger partial charge in [-0.1, -0.05) is 6.92 Å². The summed E-state index contributed by atoms with van der Waals surface area (Å²) in [5.74, 6) is 2.89. The first kappa shape index (κ1) is 21.6. The molecule has 1 unspecified atom stereocenters. The molecule has 9 nitrogen and oxygen atoms in total. The van der Waals surface area contributed by atoms with Crippen molar-refractivity contribution in [2.24, 2.45) is 0 Å². The van der Waals surface area contributed by atoms with E-state index in [1.165, 1.54) is 11.9 Å². The van der Waals surface area contributed by atoms with Crippen LogP contribution in [0.1, 0.15) is 12.7 Å². The Morgan fingerprint density at radius 3 is 2.66 bits per heavy atom. The lowest BCUT2D eigenvalue weighted by molar-refractivity contribution is 0.393. The van der Waals surface area contributed by atoms with E-state index in [2.05, 4.69) is 24.9 Å². The number of methoxy groups -OCH3 is 2. The van der Waals surface area contributed by atoms with Crippen molar-refractivity contribution in [2.75, 3.05) is 18.9 Å². The van der Waals surface area contributed by atoms with Crippen molar-refractivity contribution in [1.29, 1.82) is 0 Å². The maximum Gasteiger partial charge on any atom is 0.239 e. The Hall–Kier alpha value is -3.60. The molecule has 0 radical (unpaired) electrons. The molecule has 0 fully saturated rings. The Morgan fingerprint density at radius 1 is 1.16 bits per heavy atom. The lowest BCUT2D eigenvalue weighted by Crippen LogP contribution is -2.10. The molecule has 0 spiro atoms. The molecule has 1 atom stereocenters. The van der Waals surface area contributed by atoms with Crippen LogP contribution in [0.2, 0.25) is 0 Å². The highest BCUT2D eigenvalue weighted by molar-refractivity contribution is 8.01. The summed E-state index contributed by atoms with van der Waals surface area (Å²) in [6.07, 6.45) is 4.44. The first-order valence-electron chi connectivity index (χ1n) is 9.68. The number of ether oxygens (including phenoxy) is 2. The number of hydrogen-bond donors (Lipinski definition) is 1. The van der Waals surface area contributed by atoms with E-state index in [-0.39, 0.29) is 5.25 Å². The molecule has 1 aromatic carbocycles. The third kappa shape index (κ3) is 4.67. The van der Waals surface area contributed by atoms with Gasteiger partial charge in [0.1, 0.15) is 17.3 Å². The molecule has 3 aromatic heterocycles. The average molecular weight is 457 g/mol. The van der Waals surface area contributed by atoms with Crippen LogP contribution in [0.25, 0.3) is 17.3 Å². The fourth-order valence-corrected chi connectivity index (χ4v) is 3.68. The molecule has 0 aliphatic rings. The Bertz CT molecular complexity index is 1170. The molecule has 32 heavy (non-hydrogen) atoms. The Balaban J connectivity index is 1.62. The van der Waals surface area contributed by atoms with Crippen LogP contribution in [-0.2, 0) is 6.42 Å². The Labute approximate surface area is 188 Å². The van der Waals surface area contributed by atoms with E-state index in [4.69, 9.17) is 13.9 Å². The van der Waals surface area contributed by atoms with E-state index in [1.54, 1.807) is 32.6 Å². The van der Waals surface area contributed by atoms with Crippen molar-refractivity contribution >= 4 is 17.9 Å². The van der Waals surface area contributed by atoms with Gasteiger partial charge in [0, 0.05) is 17.7 Å². The van der Waals surface area contributed by atoms with E-state index in [0.29, 0.717) is 47.0 Å². The predicted molar refractivity (Wildman–Crippen MR) is 119 cm³/mol. The van der Waals surface area contributed by atoms with E-state index in [9.17, 15) is 4.39 Å². The van der Waals surface area contributed by atoms with Crippen LogP contribution in [0.5, 0.6) is 11.5 Å². The number of halogens is 1. The van der Waals surface area contributed by atoms with Crippen LogP contribution < -0.4 is 14.2 Å². The molecule has 0 saturated heterocycles. The molecule has 0 aliphatic carbocycles. The smallest absolute Gasteiger partial charge is 0.239 e. The number of rotatable bonds is 9. The number of nitrogens with one attached hydrogen (secondary N) is 1. The second-order valence-electron chi connectivity index (χ2n) is 6.75. The molecule has 0 saturated carbocycles. The number of furan rings is 1. The standard InChI is InChI=1S/C21H21FN6O3S/c1-13(9-19-23-11-14(22)12-24-19)32-27-21-26-25-20(17-5-4-8-31-17)28(21)16-7-6-15(29-2)10-18(16)30-3/h4-8,10-13H,9H2,1-3H3,(H,26,27). The van der Waals surface area contributed by atoms with Crippen molar-refractivity contribution in [2.45, 2.75) is 18.6 Å². The first-order valence-corrected chi connectivity index (χ1v) is 10.6. The molecule has 0 bridgehead atoms. The van der Waals surface area contributed by atoms with Crippen molar-refractivity contribution in [3.63, 3.8) is 0 Å². The van der Waals surface area contributed by atoms with Crippen LogP contribution in [0.3, 0.4) is 0 Å². The van der Waals surface area contributed by atoms with Crippen LogP contribution in [0, 0.1) is 5.82 Å². The highest BCUT2D eigenvalue weighted by Crippen LogP contribution is 2.34. The zero-order valence-electron chi connectivity index (χ0n) is 17.7. The monoisotopic (exact) mass is 456 g/mol. The van der Waals surface area contributed by atoms with Crippen molar-refractivity contribution in [1.82, 2.24) is 24.7 Å². The number of benzene rings is 1. The summed E-state index contributed by atoms with van der Waals surface area (Å²) in [4.78, 5) is 8.03. The lowest BCUT2D eigenvalue weighted by Gasteiger charge is -2.16. The molecule has 1 N–H and O–H groups in total. The molecule has 0 amide bonds. The minimum absolute atomic E-state index is 0.0652. The summed E-state index contributed by atoms with van der Waals surface area (Å²) in [6.45, 7) is 2.01. The summed E-state index contributed by atoms with van der Waals surface area (Å²) in [6, 6.07) is 9.06. The molecule has 3 heterocycles. The van der Waals surface area contributed by atoms with Gasteiger partial charge in [0.25, 0.3) is 0 Å². The van der Waals surface area contributed by atoms with E-state index in [0.717, 1.165) is 12.4 Å². The first-order chi connectivity index (χ1) is 15.6. The van der Waals surface area contributed by atoms with Gasteiger partial charge in [-0.15, -0.1) is 10.2 Å². The SMILES string of the molecule is COc1ccc(-n2c(NSC(C)Cc3ncc(F)cn3)nnc2-c2ccco2)c(OC)c1. The van der Waals surface area contributed by atoms with Crippen molar-refractivity contribution < 1.29 is 18.3 Å². The highest BCUT2D eigenvalue weighted by atomic mass is 32.2. The molecular formula is C21H21FN6O3S. The number of aromatic nitrogens is 5. The summed E-state index contributed by atoms with van der Waals surface area (Å²) in [7, 11) is 3.18. The van der Waals surface area contributed by atoms with E-state index < -0.39 is 5.82 Å². The van der Waals surface area contributed by atoms with Gasteiger partial charge in [0.15, 0.2) is 11.6 Å². The van der Waals surface area contributed by atoms with E-state index in [1.807, 2.05) is 29.7 Å². The summed E-state index contributed by atoms with van der Waals surface area (Å²) < 4.78 is 34.6. The van der Waals surface area contributed by atoms with Crippen molar-refractivity contribution in [3.8, 4) is 28.8 Å². The summed E-state index contributed by atoms with van der Waals surface area (Å²) >= 11 is 1.43. The van der Waals surface area contributed by atoms with Gasteiger partial charge in [0.2, 0.25) is 11.8 Å². The maximum absolute atomic E-state index is 13.0. The molecular weight excluding hydrogens is 435 g/mol. The largest absolute Gasteiger partial charge is 0.497 e. The highest BCUT2D eigenvalue weighted by Gasteiger charge is 2.21. The third-order valence-electron chi connectivity index (χ3n) is 4.53. The normalized spacial score (nSPS) is 11.9. The maximum atomic E-state index is 13.0. The van der Waals surface area contributed by atoms with Gasteiger partial charge in [-0.25, -0.2) is 14.4 Å². The average Bonchev–Trinajstić information content (AvgIpc) is 3.48. The van der Waals surface area contributed by atoms with Crippen molar-refractivity contribution in [3.05, 3.63) is 60.6 Å². The summed E-state index contributed by atoms with van der Waals surface area (Å²) in [5.41, 5.74) is 0.710. The van der Waals surface area contributed by atoms with Gasteiger partial charge < -0.3 is 13.9 Å². The topological polar surface area (TPSA) is 100 Å². The van der Waals surface area contributed by atoms with Gasteiger partial charge in [-0.2, -0.15) is 0 Å². The van der Waals surface area contributed by atoms with Crippen LogP contribution in [0.15, 0.2) is 53.4 Å². The number of hydrogen-bond acceptors (Lipinski definition) is 9. The number of anilines is 1. The zero-order valence-corrected chi connectivity index (χ0v) is 18.5. The quantitative estimate of drug-likeness (QED) is 0.372. The molecule has 0 aliphatic heterocycles. The van der Waals surface area contributed by atoms with Crippen LogP contribution in [-0.4, -0.2) is 44.2 Å². The van der Waals surface area contributed by atoms with Gasteiger partial charge in [-0.05, 0) is 36.2 Å². The van der Waals surface area contributed by atoms with E-state index >= 15 is 0 Å². The van der Waals surface area contributed by atoms with Crippen LogP contribution in [0.4, 0.5) is 10.3 Å². The molecule has 11 heteroatoms. The fourth-order valence-electron chi connectivity index (χ4n) is 3.01. The molecule has 166 valence electrons. The fraction of sp³-hybridized carbons (Fsp3) is 0.238. The van der Waals surface area contributed by atoms with Gasteiger partial charge in [-0.3, -0.25) is 9.29 Å². The molecule has 4 rings (SSSR count). The van der Waals surface area contributed by atoms with Crippen LogP contribution >= 0.6 is 11.9 Å². The minimum atomic E-state index is -0.459. The second kappa shape index (κ2) is 9.69. The second-order valence-corrected chi connectivity index (χ2v) is 7.99. The van der Waals surface area contributed by atoms with Gasteiger partial charge in [0.05, 0.1) is 38.6 Å².